The molecule has 0 aromatic carbocycles. The first-order valence-corrected chi connectivity index (χ1v) is 3.86. The molecule has 1 aromatic rings. The lowest BCUT2D eigenvalue weighted by Gasteiger charge is -1.99. The first-order valence-electron chi connectivity index (χ1n) is 3.86. The highest BCUT2D eigenvalue weighted by molar-refractivity contribution is 5.87. The number of carbonyl (C=O) groups is 2. The molecule has 0 fully saturated rings. The summed E-state index contributed by atoms with van der Waals surface area (Å²) < 4.78 is 4.71. The van der Waals surface area contributed by atoms with E-state index >= 15 is 0 Å². The maximum absolute atomic E-state index is 11.1. The van der Waals surface area contributed by atoms with Crippen LogP contribution < -0.4 is 0 Å². The highest BCUT2D eigenvalue weighted by Gasteiger charge is 2.06. The third kappa shape index (κ3) is 2.37. The average Bonchev–Trinajstić information content (AvgIpc) is 2.18. The maximum atomic E-state index is 11.1. The standard InChI is InChI=1S/C9H9NO3/c1-2-13-9(12)8-4-3-7(6-11)5-10-8/h3-6H,2H2,1H3. The van der Waals surface area contributed by atoms with E-state index in [1.165, 1.54) is 18.3 Å². The fraction of sp³-hybridized carbons (Fsp3) is 0.222. The summed E-state index contributed by atoms with van der Waals surface area (Å²) in [6.07, 6.45) is 2.00. The van der Waals surface area contributed by atoms with Crippen LogP contribution >= 0.6 is 0 Å². The predicted octanol–water partition coefficient (Wildman–Crippen LogP) is 1.07. The molecular formula is C9H9NO3. The molecule has 4 nitrogen and oxygen atoms in total. The summed E-state index contributed by atoms with van der Waals surface area (Å²) in [6, 6.07) is 2.98. The van der Waals surface area contributed by atoms with E-state index in [1.807, 2.05) is 0 Å². The van der Waals surface area contributed by atoms with Crippen LogP contribution in [0.25, 0.3) is 0 Å². The summed E-state index contributed by atoms with van der Waals surface area (Å²) in [4.78, 5) is 25.1. The summed E-state index contributed by atoms with van der Waals surface area (Å²) in [5.74, 6) is -0.472. The zero-order chi connectivity index (χ0) is 9.68. The van der Waals surface area contributed by atoms with Crippen LogP contribution in [-0.2, 0) is 4.74 Å². The Morgan fingerprint density at radius 3 is 2.85 bits per heavy atom. The molecule has 0 radical (unpaired) electrons. The van der Waals surface area contributed by atoms with Gasteiger partial charge in [-0.2, -0.15) is 0 Å². The molecular weight excluding hydrogens is 170 g/mol. The first kappa shape index (κ1) is 9.38. The molecule has 0 bridgehead atoms. The Morgan fingerprint density at radius 1 is 1.62 bits per heavy atom. The van der Waals surface area contributed by atoms with E-state index in [-0.39, 0.29) is 5.69 Å². The smallest absolute Gasteiger partial charge is 0.356 e. The SMILES string of the molecule is CCOC(=O)c1ccc(C=O)cn1. The monoisotopic (exact) mass is 179 g/mol. The minimum Gasteiger partial charge on any atom is -0.461 e. The Labute approximate surface area is 75.5 Å². The lowest BCUT2D eigenvalue weighted by molar-refractivity contribution is 0.0519. The van der Waals surface area contributed by atoms with Crippen LogP contribution in [0.2, 0.25) is 0 Å². The van der Waals surface area contributed by atoms with E-state index in [1.54, 1.807) is 6.92 Å². The number of aromatic nitrogens is 1. The Morgan fingerprint density at radius 2 is 2.38 bits per heavy atom. The number of aldehydes is 1. The van der Waals surface area contributed by atoms with Gasteiger partial charge >= 0.3 is 5.97 Å². The predicted molar refractivity (Wildman–Crippen MR) is 45.6 cm³/mol. The molecule has 0 amide bonds. The molecule has 1 heterocycles. The number of nitrogens with zero attached hydrogens (tertiary/aromatic N) is 1. The van der Waals surface area contributed by atoms with Gasteiger partial charge in [0.05, 0.1) is 6.61 Å². The van der Waals surface area contributed by atoms with E-state index < -0.39 is 5.97 Å². The van der Waals surface area contributed by atoms with E-state index in [2.05, 4.69) is 4.98 Å². The number of pyridine rings is 1. The van der Waals surface area contributed by atoms with E-state index in [0.29, 0.717) is 18.5 Å². The highest BCUT2D eigenvalue weighted by atomic mass is 16.5. The molecule has 0 saturated heterocycles. The molecule has 13 heavy (non-hydrogen) atoms. The molecule has 0 unspecified atom stereocenters. The molecule has 0 saturated carbocycles. The number of carbonyl (C=O) groups excluding carboxylic acids is 2. The van der Waals surface area contributed by atoms with Gasteiger partial charge in [0.1, 0.15) is 5.69 Å². The van der Waals surface area contributed by atoms with Crippen molar-refractivity contribution in [2.45, 2.75) is 6.92 Å². The zero-order valence-electron chi connectivity index (χ0n) is 7.19. The number of hydrogen-bond donors (Lipinski definition) is 0. The second-order valence-electron chi connectivity index (χ2n) is 2.32. The minimum atomic E-state index is -0.472. The molecule has 0 atom stereocenters. The Hall–Kier alpha value is -1.71. The van der Waals surface area contributed by atoms with Crippen molar-refractivity contribution >= 4 is 12.3 Å². The second-order valence-corrected chi connectivity index (χ2v) is 2.32. The normalized spacial score (nSPS) is 9.31. The van der Waals surface area contributed by atoms with E-state index in [0.717, 1.165) is 0 Å². The first-order chi connectivity index (χ1) is 6.27. The Bertz CT molecular complexity index is 305. The van der Waals surface area contributed by atoms with Crippen molar-refractivity contribution in [3.8, 4) is 0 Å². The van der Waals surface area contributed by atoms with Crippen molar-refractivity contribution in [2.75, 3.05) is 6.61 Å². The van der Waals surface area contributed by atoms with Gasteiger partial charge in [0.2, 0.25) is 0 Å². The summed E-state index contributed by atoms with van der Waals surface area (Å²) in [5, 5.41) is 0. The number of ether oxygens (including phenoxy) is 1. The van der Waals surface area contributed by atoms with Crippen LogP contribution in [0.15, 0.2) is 18.3 Å². The fourth-order valence-corrected chi connectivity index (χ4v) is 0.801. The van der Waals surface area contributed by atoms with Crippen LogP contribution in [-0.4, -0.2) is 23.8 Å². The lowest BCUT2D eigenvalue weighted by Crippen LogP contribution is -2.06. The van der Waals surface area contributed by atoms with Crippen LogP contribution in [0.1, 0.15) is 27.8 Å². The van der Waals surface area contributed by atoms with Gasteiger partial charge in [-0.05, 0) is 19.1 Å². The van der Waals surface area contributed by atoms with E-state index in [4.69, 9.17) is 4.74 Å². The van der Waals surface area contributed by atoms with Crippen LogP contribution in [0.4, 0.5) is 0 Å². The largest absolute Gasteiger partial charge is 0.461 e. The fourth-order valence-electron chi connectivity index (χ4n) is 0.801. The number of hydrogen-bond acceptors (Lipinski definition) is 4. The van der Waals surface area contributed by atoms with Crippen molar-refractivity contribution in [2.24, 2.45) is 0 Å². The number of esters is 1. The Balaban J connectivity index is 2.79. The van der Waals surface area contributed by atoms with Crippen molar-refractivity contribution in [1.29, 1.82) is 0 Å². The van der Waals surface area contributed by atoms with Gasteiger partial charge in [0.15, 0.2) is 6.29 Å². The summed E-state index contributed by atoms with van der Waals surface area (Å²) in [5.41, 5.74) is 0.653. The molecule has 0 spiro atoms. The second kappa shape index (κ2) is 4.35. The summed E-state index contributed by atoms with van der Waals surface area (Å²) in [6.45, 7) is 2.04. The van der Waals surface area contributed by atoms with Gasteiger partial charge in [0, 0.05) is 11.8 Å². The van der Waals surface area contributed by atoms with E-state index in [9.17, 15) is 9.59 Å². The molecule has 1 aromatic heterocycles. The zero-order valence-corrected chi connectivity index (χ0v) is 7.19. The molecule has 1 rings (SSSR count). The molecule has 0 aliphatic carbocycles. The van der Waals surface area contributed by atoms with Gasteiger partial charge in [-0.3, -0.25) is 4.79 Å². The third-order valence-electron chi connectivity index (χ3n) is 1.41. The van der Waals surface area contributed by atoms with Gasteiger partial charge in [-0.1, -0.05) is 0 Å². The quantitative estimate of drug-likeness (QED) is 0.514. The minimum absolute atomic E-state index is 0.215. The average molecular weight is 179 g/mol. The maximum Gasteiger partial charge on any atom is 0.356 e. The van der Waals surface area contributed by atoms with Crippen LogP contribution in [0, 0.1) is 0 Å². The molecule has 68 valence electrons. The molecule has 4 heteroatoms. The molecule has 0 N–H and O–H groups in total. The summed E-state index contributed by atoms with van der Waals surface area (Å²) >= 11 is 0. The molecule has 0 aliphatic heterocycles. The summed E-state index contributed by atoms with van der Waals surface area (Å²) in [7, 11) is 0. The van der Waals surface area contributed by atoms with Gasteiger partial charge < -0.3 is 4.74 Å². The number of rotatable bonds is 3. The highest BCUT2D eigenvalue weighted by Crippen LogP contribution is 1.99. The van der Waals surface area contributed by atoms with Gasteiger partial charge in [-0.15, -0.1) is 0 Å². The van der Waals surface area contributed by atoms with Gasteiger partial charge in [-0.25, -0.2) is 9.78 Å². The van der Waals surface area contributed by atoms with Gasteiger partial charge in [0.25, 0.3) is 0 Å². The lowest BCUT2D eigenvalue weighted by atomic mass is 10.3. The third-order valence-corrected chi connectivity index (χ3v) is 1.41. The molecule has 0 aliphatic rings. The van der Waals surface area contributed by atoms with Crippen molar-refractivity contribution in [1.82, 2.24) is 4.98 Å². The Kier molecular flexibility index (Phi) is 3.14. The van der Waals surface area contributed by atoms with Crippen molar-refractivity contribution in [3.05, 3.63) is 29.6 Å². The topological polar surface area (TPSA) is 56.3 Å². The van der Waals surface area contributed by atoms with Crippen molar-refractivity contribution < 1.29 is 14.3 Å². The van der Waals surface area contributed by atoms with Crippen molar-refractivity contribution in [3.63, 3.8) is 0 Å². The van der Waals surface area contributed by atoms with Crippen LogP contribution in [0.5, 0.6) is 0 Å². The van der Waals surface area contributed by atoms with Crippen LogP contribution in [0.3, 0.4) is 0 Å².